The van der Waals surface area contributed by atoms with Crippen molar-refractivity contribution in [1.29, 1.82) is 0 Å². The van der Waals surface area contributed by atoms with E-state index in [0.29, 0.717) is 22.9 Å². The average molecular weight is 276 g/mol. The smallest absolute Gasteiger partial charge is 0.252 e. The van der Waals surface area contributed by atoms with E-state index in [0.717, 1.165) is 0 Å². The molecule has 0 bridgehead atoms. The molecule has 0 heterocycles. The van der Waals surface area contributed by atoms with Crippen molar-refractivity contribution in [3.8, 4) is 0 Å². The second kappa shape index (κ2) is 6.45. The first-order chi connectivity index (χ1) is 9.67. The number of methoxy groups -OCH3 is 1. The van der Waals surface area contributed by atoms with Crippen LogP contribution in [0.5, 0.6) is 0 Å². The lowest BCUT2D eigenvalue weighted by atomic mass is 10.0. The van der Waals surface area contributed by atoms with Crippen LogP contribution >= 0.6 is 0 Å². The summed E-state index contributed by atoms with van der Waals surface area (Å²) in [5.41, 5.74) is 5.99. The topological polar surface area (TPSA) is 64.3 Å². The number of halogens is 1. The Balaban J connectivity index is 2.33. The van der Waals surface area contributed by atoms with E-state index in [1.54, 1.807) is 31.4 Å². The molecule has 1 amide bonds. The van der Waals surface area contributed by atoms with E-state index in [2.05, 4.69) is 5.32 Å². The van der Waals surface area contributed by atoms with Gasteiger partial charge in [-0.3, -0.25) is 4.79 Å². The molecule has 106 valence electrons. The summed E-state index contributed by atoms with van der Waals surface area (Å²) in [6, 6.07) is 9.39. The standard InChI is InChI=1S/C15H17FN2O2/c1-20-9-10(8-17)18-15(19)13-6-7-14(16)12-5-3-2-4-11(12)13/h2-7,10H,8-9,17H2,1H3,(H,18,19). The van der Waals surface area contributed by atoms with Gasteiger partial charge in [0.25, 0.3) is 5.91 Å². The highest BCUT2D eigenvalue weighted by atomic mass is 19.1. The lowest BCUT2D eigenvalue weighted by Crippen LogP contribution is -2.43. The Morgan fingerprint density at radius 1 is 1.30 bits per heavy atom. The Kier molecular flexibility index (Phi) is 4.65. The monoisotopic (exact) mass is 276 g/mol. The van der Waals surface area contributed by atoms with Crippen LogP contribution in [0.25, 0.3) is 10.8 Å². The van der Waals surface area contributed by atoms with Crippen molar-refractivity contribution in [1.82, 2.24) is 5.32 Å². The summed E-state index contributed by atoms with van der Waals surface area (Å²) >= 11 is 0. The summed E-state index contributed by atoms with van der Waals surface area (Å²) in [6.45, 7) is 0.611. The Labute approximate surface area is 116 Å². The van der Waals surface area contributed by atoms with Gasteiger partial charge < -0.3 is 15.8 Å². The first-order valence-corrected chi connectivity index (χ1v) is 6.34. The average Bonchev–Trinajstić information content (AvgIpc) is 2.47. The molecule has 4 nitrogen and oxygen atoms in total. The maximum absolute atomic E-state index is 13.7. The second-order valence-corrected chi connectivity index (χ2v) is 4.50. The number of fused-ring (bicyclic) bond motifs is 1. The molecule has 0 aromatic heterocycles. The van der Waals surface area contributed by atoms with E-state index in [1.165, 1.54) is 12.1 Å². The molecule has 1 atom stereocenters. The van der Waals surface area contributed by atoms with Gasteiger partial charge >= 0.3 is 0 Å². The van der Waals surface area contributed by atoms with Crippen molar-refractivity contribution in [3.63, 3.8) is 0 Å². The Morgan fingerprint density at radius 3 is 2.65 bits per heavy atom. The third-order valence-electron chi connectivity index (χ3n) is 3.10. The molecule has 3 N–H and O–H groups in total. The molecule has 20 heavy (non-hydrogen) atoms. The quantitative estimate of drug-likeness (QED) is 0.873. The van der Waals surface area contributed by atoms with Crippen molar-refractivity contribution in [2.75, 3.05) is 20.3 Å². The van der Waals surface area contributed by atoms with Crippen LogP contribution in [0, 0.1) is 5.82 Å². The molecular formula is C15H17FN2O2. The highest BCUT2D eigenvalue weighted by molar-refractivity contribution is 6.07. The molecule has 0 saturated heterocycles. The number of nitrogens with two attached hydrogens (primary N) is 1. The zero-order valence-electron chi connectivity index (χ0n) is 11.2. The van der Waals surface area contributed by atoms with Gasteiger partial charge in [-0.1, -0.05) is 24.3 Å². The zero-order valence-corrected chi connectivity index (χ0v) is 11.2. The molecule has 5 heteroatoms. The van der Waals surface area contributed by atoms with Crippen LogP contribution in [0.2, 0.25) is 0 Å². The molecule has 1 unspecified atom stereocenters. The number of benzene rings is 2. The minimum atomic E-state index is -0.343. The summed E-state index contributed by atoms with van der Waals surface area (Å²) in [6.07, 6.45) is 0. The summed E-state index contributed by atoms with van der Waals surface area (Å²) in [5, 5.41) is 3.79. The van der Waals surface area contributed by atoms with Crippen molar-refractivity contribution in [2.24, 2.45) is 5.73 Å². The summed E-state index contributed by atoms with van der Waals surface area (Å²) in [5.74, 6) is -0.627. The van der Waals surface area contributed by atoms with Gasteiger partial charge in [0.05, 0.1) is 12.6 Å². The van der Waals surface area contributed by atoms with Gasteiger partial charge in [-0.05, 0) is 17.5 Å². The third kappa shape index (κ3) is 2.95. The fraction of sp³-hybridized carbons (Fsp3) is 0.267. The Hall–Kier alpha value is -1.98. The van der Waals surface area contributed by atoms with Crippen LogP contribution < -0.4 is 11.1 Å². The number of rotatable bonds is 5. The van der Waals surface area contributed by atoms with Crippen molar-refractivity contribution >= 4 is 16.7 Å². The van der Waals surface area contributed by atoms with Gasteiger partial charge in [0.2, 0.25) is 0 Å². The molecule has 2 aromatic carbocycles. The van der Waals surface area contributed by atoms with E-state index >= 15 is 0 Å². The van der Waals surface area contributed by atoms with Crippen LogP contribution in [0.15, 0.2) is 36.4 Å². The maximum Gasteiger partial charge on any atom is 0.252 e. The lowest BCUT2D eigenvalue weighted by Gasteiger charge is -2.16. The Morgan fingerprint density at radius 2 is 2.00 bits per heavy atom. The van der Waals surface area contributed by atoms with Crippen LogP contribution in [-0.4, -0.2) is 32.2 Å². The minimum absolute atomic E-state index is 0.267. The van der Waals surface area contributed by atoms with Gasteiger partial charge in [0.15, 0.2) is 0 Å². The van der Waals surface area contributed by atoms with Crippen LogP contribution in [0.3, 0.4) is 0 Å². The number of amides is 1. The van der Waals surface area contributed by atoms with E-state index < -0.39 is 0 Å². The van der Waals surface area contributed by atoms with Gasteiger partial charge in [0.1, 0.15) is 5.82 Å². The van der Waals surface area contributed by atoms with Gasteiger partial charge in [-0.25, -0.2) is 4.39 Å². The fourth-order valence-corrected chi connectivity index (χ4v) is 2.09. The number of carbonyl (C=O) groups is 1. The van der Waals surface area contributed by atoms with Gasteiger partial charge in [0, 0.05) is 24.6 Å². The summed E-state index contributed by atoms with van der Waals surface area (Å²) in [7, 11) is 1.54. The predicted octanol–water partition coefficient (Wildman–Crippen LogP) is 1.68. The Bertz CT molecular complexity index is 616. The first kappa shape index (κ1) is 14.4. The minimum Gasteiger partial charge on any atom is -0.383 e. The molecular weight excluding hydrogens is 259 g/mol. The second-order valence-electron chi connectivity index (χ2n) is 4.50. The lowest BCUT2D eigenvalue weighted by molar-refractivity contribution is 0.0902. The highest BCUT2D eigenvalue weighted by Gasteiger charge is 2.15. The number of ether oxygens (including phenoxy) is 1. The first-order valence-electron chi connectivity index (χ1n) is 6.34. The molecule has 0 fully saturated rings. The molecule has 0 aliphatic carbocycles. The number of nitrogens with one attached hydrogen (secondary N) is 1. The summed E-state index contributed by atoms with van der Waals surface area (Å²) in [4.78, 5) is 12.3. The van der Waals surface area contributed by atoms with E-state index in [4.69, 9.17) is 10.5 Å². The van der Waals surface area contributed by atoms with Crippen LogP contribution in [0.4, 0.5) is 4.39 Å². The maximum atomic E-state index is 13.7. The van der Waals surface area contributed by atoms with Crippen LogP contribution in [0.1, 0.15) is 10.4 Å². The molecule has 0 aliphatic rings. The van der Waals surface area contributed by atoms with E-state index in [-0.39, 0.29) is 24.3 Å². The SMILES string of the molecule is COCC(CN)NC(=O)c1ccc(F)c2ccccc12. The zero-order chi connectivity index (χ0) is 14.5. The highest BCUT2D eigenvalue weighted by Crippen LogP contribution is 2.21. The molecule has 0 saturated carbocycles. The van der Waals surface area contributed by atoms with Gasteiger partial charge in [-0.15, -0.1) is 0 Å². The third-order valence-corrected chi connectivity index (χ3v) is 3.10. The largest absolute Gasteiger partial charge is 0.383 e. The molecule has 2 rings (SSSR count). The van der Waals surface area contributed by atoms with E-state index in [1.807, 2.05) is 0 Å². The number of hydrogen-bond acceptors (Lipinski definition) is 3. The van der Waals surface area contributed by atoms with Gasteiger partial charge in [-0.2, -0.15) is 0 Å². The normalized spacial score (nSPS) is 12.3. The molecule has 2 aromatic rings. The molecule has 0 spiro atoms. The van der Waals surface area contributed by atoms with Crippen molar-refractivity contribution in [3.05, 3.63) is 47.8 Å². The number of carbonyl (C=O) groups excluding carboxylic acids is 1. The fourth-order valence-electron chi connectivity index (χ4n) is 2.09. The van der Waals surface area contributed by atoms with Crippen molar-refractivity contribution < 1.29 is 13.9 Å². The van der Waals surface area contributed by atoms with Crippen molar-refractivity contribution in [2.45, 2.75) is 6.04 Å². The van der Waals surface area contributed by atoms with E-state index in [9.17, 15) is 9.18 Å². The molecule has 0 radical (unpaired) electrons. The van der Waals surface area contributed by atoms with Crippen LogP contribution in [-0.2, 0) is 4.74 Å². The predicted molar refractivity (Wildman–Crippen MR) is 76.1 cm³/mol. The number of hydrogen-bond donors (Lipinski definition) is 2. The molecule has 0 aliphatic heterocycles. The summed E-state index contributed by atoms with van der Waals surface area (Å²) < 4.78 is 18.7.